The fourth-order valence-corrected chi connectivity index (χ4v) is 2.30. The van der Waals surface area contributed by atoms with Crippen molar-refractivity contribution >= 4 is 35.8 Å². The number of rotatable bonds is 16. The normalized spacial score (nSPS) is 11.6. The van der Waals surface area contributed by atoms with Gasteiger partial charge in [0, 0.05) is 6.61 Å². The van der Waals surface area contributed by atoms with Crippen molar-refractivity contribution in [1.82, 2.24) is 0 Å². The first-order valence-electron chi connectivity index (χ1n) is 10.4. The van der Waals surface area contributed by atoms with E-state index in [4.69, 9.17) is 51.1 Å². The van der Waals surface area contributed by atoms with Gasteiger partial charge in [0.2, 0.25) is 0 Å². The van der Waals surface area contributed by atoms with Crippen molar-refractivity contribution in [2.75, 3.05) is 6.61 Å². The maximum absolute atomic E-state index is 10.3. The number of unbranched alkanes of at least 4 members (excludes halogenated alkanes) is 2. The molecule has 0 aromatic rings. The van der Waals surface area contributed by atoms with E-state index in [-0.39, 0.29) is 12.7 Å². The molecule has 0 amide bonds. The number of hydrogen-bond donors (Lipinski definition) is 10. The highest BCUT2D eigenvalue weighted by Crippen LogP contribution is 2.16. The van der Waals surface area contributed by atoms with E-state index in [9.17, 15) is 28.8 Å². The lowest BCUT2D eigenvalue weighted by molar-refractivity contribution is -0.170. The minimum Gasteiger partial charge on any atom is -0.481 e. The average molecular weight is 530 g/mol. The largest absolute Gasteiger partial charge is 0.481 e. The molecule has 0 aliphatic rings. The molecule has 0 heterocycles. The van der Waals surface area contributed by atoms with Gasteiger partial charge in [-0.15, -0.1) is 0 Å². The Morgan fingerprint density at radius 3 is 1.11 bits per heavy atom. The molecule has 0 saturated heterocycles. The van der Waals surface area contributed by atoms with E-state index in [1.54, 1.807) is 0 Å². The zero-order valence-corrected chi connectivity index (χ0v) is 19.6. The second-order valence-corrected chi connectivity index (χ2v) is 7.59. The second-order valence-electron chi connectivity index (χ2n) is 7.59. The lowest BCUT2D eigenvalue weighted by Gasteiger charge is -2.18. The first-order valence-corrected chi connectivity index (χ1v) is 10.4. The van der Waals surface area contributed by atoms with Crippen LogP contribution in [0.15, 0.2) is 0 Å². The molecule has 0 radical (unpaired) electrons. The Kier molecular flexibility index (Phi) is 19.6. The van der Waals surface area contributed by atoms with Gasteiger partial charge in [-0.05, 0) is 19.3 Å². The summed E-state index contributed by atoms with van der Waals surface area (Å²) in [7, 11) is 0. The number of carboxylic acids is 6. The summed E-state index contributed by atoms with van der Waals surface area (Å²) >= 11 is 0. The second kappa shape index (κ2) is 18.9. The molecular formula is C20H34O16. The fourth-order valence-electron chi connectivity index (χ4n) is 2.30. The molecule has 210 valence electrons. The average Bonchev–Trinajstić information content (AvgIpc) is 2.69. The summed E-state index contributed by atoms with van der Waals surface area (Å²) in [6.45, 7) is 2.26. The Balaban J connectivity index is -0.000000459. The molecule has 16 nitrogen and oxygen atoms in total. The maximum Gasteiger partial charge on any atom is 0.336 e. The minimum absolute atomic E-state index is 0.126. The van der Waals surface area contributed by atoms with Gasteiger partial charge < -0.3 is 51.1 Å². The van der Waals surface area contributed by atoms with Gasteiger partial charge in [-0.3, -0.25) is 19.2 Å². The molecule has 0 saturated carbocycles. The standard InChI is InChI=1S/C8H18O2.2C6H8O7/c1-2-8(10)6-4-3-5-7-9;2*7-3(8)1-6(13,5(11)12)2-4(9)10/h8-10H,2-7H2,1H3;2*13H,1-2H2,(H,7,8)(H,9,10)(H,11,12). The highest BCUT2D eigenvalue weighted by molar-refractivity contribution is 5.88. The molecule has 0 spiro atoms. The lowest BCUT2D eigenvalue weighted by atomic mass is 9.96. The molecule has 16 heteroatoms. The van der Waals surface area contributed by atoms with Gasteiger partial charge in [0.15, 0.2) is 11.2 Å². The molecule has 0 bridgehead atoms. The summed E-state index contributed by atoms with van der Waals surface area (Å²) in [6, 6.07) is 0. The van der Waals surface area contributed by atoms with Gasteiger partial charge in [-0.2, -0.15) is 0 Å². The van der Waals surface area contributed by atoms with E-state index in [0.717, 1.165) is 32.1 Å². The smallest absolute Gasteiger partial charge is 0.336 e. The van der Waals surface area contributed by atoms with E-state index >= 15 is 0 Å². The van der Waals surface area contributed by atoms with Crippen LogP contribution in [0.25, 0.3) is 0 Å². The third-order valence-corrected chi connectivity index (χ3v) is 4.24. The van der Waals surface area contributed by atoms with Crippen molar-refractivity contribution in [2.24, 2.45) is 0 Å². The first kappa shape index (κ1) is 37.2. The van der Waals surface area contributed by atoms with E-state index in [1.807, 2.05) is 6.92 Å². The van der Waals surface area contributed by atoms with Gasteiger partial charge in [0.25, 0.3) is 0 Å². The Hall–Kier alpha value is -3.34. The Labute approximate surface area is 205 Å². The molecule has 0 aliphatic carbocycles. The zero-order chi connectivity index (χ0) is 29.1. The monoisotopic (exact) mass is 530 g/mol. The van der Waals surface area contributed by atoms with Gasteiger partial charge in [0.05, 0.1) is 31.8 Å². The van der Waals surface area contributed by atoms with Crippen LogP contribution in [0.5, 0.6) is 0 Å². The summed E-state index contributed by atoms with van der Waals surface area (Å²) in [4.78, 5) is 61.0. The number of aliphatic hydroxyl groups is 4. The molecular weight excluding hydrogens is 496 g/mol. The quantitative estimate of drug-likeness (QED) is 0.105. The van der Waals surface area contributed by atoms with Crippen LogP contribution in [0.3, 0.4) is 0 Å². The molecule has 1 unspecified atom stereocenters. The molecule has 1 atom stereocenters. The Morgan fingerprint density at radius 1 is 0.611 bits per heavy atom. The third-order valence-electron chi connectivity index (χ3n) is 4.24. The number of aliphatic hydroxyl groups excluding tert-OH is 2. The van der Waals surface area contributed by atoms with Gasteiger partial charge in [-0.1, -0.05) is 19.8 Å². The predicted molar refractivity (Wildman–Crippen MR) is 116 cm³/mol. The number of aliphatic carboxylic acids is 6. The highest BCUT2D eigenvalue weighted by atomic mass is 16.4. The van der Waals surface area contributed by atoms with Crippen LogP contribution < -0.4 is 0 Å². The molecule has 0 aromatic heterocycles. The van der Waals surface area contributed by atoms with Crippen LogP contribution in [0, 0.1) is 0 Å². The molecule has 10 N–H and O–H groups in total. The number of hydrogen-bond acceptors (Lipinski definition) is 10. The molecule has 36 heavy (non-hydrogen) atoms. The van der Waals surface area contributed by atoms with Crippen LogP contribution in [0.1, 0.15) is 64.7 Å². The van der Waals surface area contributed by atoms with E-state index < -0.39 is 72.7 Å². The van der Waals surface area contributed by atoms with Gasteiger partial charge in [-0.25, -0.2) is 9.59 Å². The minimum atomic E-state index is -2.74. The number of carbonyl (C=O) groups is 6. The lowest BCUT2D eigenvalue weighted by Crippen LogP contribution is -2.42. The van der Waals surface area contributed by atoms with Crippen LogP contribution >= 0.6 is 0 Å². The predicted octanol–water partition coefficient (Wildman–Crippen LogP) is -1.19. The molecule has 0 fully saturated rings. The van der Waals surface area contributed by atoms with Crippen LogP contribution in [-0.4, -0.2) is 111 Å². The van der Waals surface area contributed by atoms with Gasteiger partial charge in [0.1, 0.15) is 0 Å². The molecule has 0 aliphatic heterocycles. The van der Waals surface area contributed by atoms with Crippen molar-refractivity contribution in [2.45, 2.75) is 82.0 Å². The summed E-state index contributed by atoms with van der Waals surface area (Å²) < 4.78 is 0. The van der Waals surface area contributed by atoms with Gasteiger partial charge >= 0.3 is 35.8 Å². The maximum atomic E-state index is 10.3. The third kappa shape index (κ3) is 20.1. The summed E-state index contributed by atoms with van der Waals surface area (Å²) in [5, 5.41) is 85.1. The Morgan fingerprint density at radius 2 is 0.917 bits per heavy atom. The highest BCUT2D eigenvalue weighted by Gasteiger charge is 2.41. The van der Waals surface area contributed by atoms with E-state index in [1.165, 1.54) is 0 Å². The topological polar surface area (TPSA) is 305 Å². The van der Waals surface area contributed by atoms with Crippen molar-refractivity contribution in [3.8, 4) is 0 Å². The summed E-state index contributed by atoms with van der Waals surface area (Å²) in [5.41, 5.74) is -5.48. The first-order chi connectivity index (χ1) is 16.4. The number of carboxylic acid groups (broad SMARTS) is 6. The van der Waals surface area contributed by atoms with Crippen molar-refractivity contribution in [3.63, 3.8) is 0 Å². The summed E-state index contributed by atoms with van der Waals surface area (Å²) in [5.74, 6) is -10.0. The SMILES string of the molecule is CCC(O)CCCCCO.O=C(O)CC(O)(CC(=O)O)C(=O)O.O=C(O)CC(O)(CC(=O)O)C(=O)O. The van der Waals surface area contributed by atoms with Crippen LogP contribution in [0.2, 0.25) is 0 Å². The van der Waals surface area contributed by atoms with E-state index in [0.29, 0.717) is 0 Å². The molecule has 0 rings (SSSR count). The van der Waals surface area contributed by atoms with Crippen molar-refractivity contribution in [1.29, 1.82) is 0 Å². The molecule has 0 aromatic carbocycles. The zero-order valence-electron chi connectivity index (χ0n) is 19.6. The van der Waals surface area contributed by atoms with E-state index in [2.05, 4.69) is 0 Å². The summed E-state index contributed by atoms with van der Waals surface area (Å²) in [6.07, 6.45) is -0.0273. The van der Waals surface area contributed by atoms with Crippen molar-refractivity contribution < 1.29 is 79.8 Å². The Bertz CT molecular complexity index is 647. The van der Waals surface area contributed by atoms with Crippen LogP contribution in [-0.2, 0) is 28.8 Å². The fraction of sp³-hybridized carbons (Fsp3) is 0.700. The van der Waals surface area contributed by atoms with Crippen LogP contribution in [0.4, 0.5) is 0 Å². The van der Waals surface area contributed by atoms with Crippen molar-refractivity contribution in [3.05, 3.63) is 0 Å².